The number of halogens is 1. The van der Waals surface area contributed by atoms with Gasteiger partial charge in [-0.15, -0.1) is 0 Å². The van der Waals surface area contributed by atoms with E-state index >= 15 is 0 Å². The van der Waals surface area contributed by atoms with E-state index in [0.29, 0.717) is 16.9 Å². The maximum absolute atomic E-state index is 11.9. The van der Waals surface area contributed by atoms with Crippen molar-refractivity contribution in [2.75, 3.05) is 13.2 Å². The molecule has 0 aromatic heterocycles. The molecular formula is C18H15BrO5. The van der Waals surface area contributed by atoms with Crippen molar-refractivity contribution < 1.29 is 23.9 Å². The molecular weight excluding hydrogens is 376 g/mol. The van der Waals surface area contributed by atoms with Crippen LogP contribution in [0.15, 0.2) is 53.0 Å². The lowest BCUT2D eigenvalue weighted by Crippen LogP contribution is -2.19. The molecule has 0 aliphatic rings. The van der Waals surface area contributed by atoms with Gasteiger partial charge in [0.05, 0.1) is 0 Å². The normalized spacial score (nSPS) is 10.1. The molecule has 5 nitrogen and oxygen atoms in total. The van der Waals surface area contributed by atoms with Gasteiger partial charge in [0.2, 0.25) is 0 Å². The molecule has 0 aliphatic carbocycles. The van der Waals surface area contributed by atoms with E-state index in [0.717, 1.165) is 4.47 Å². The van der Waals surface area contributed by atoms with E-state index in [4.69, 9.17) is 9.47 Å². The molecule has 24 heavy (non-hydrogen) atoms. The molecule has 2 aromatic carbocycles. The fourth-order valence-corrected chi connectivity index (χ4v) is 2.26. The summed E-state index contributed by atoms with van der Waals surface area (Å²) in [5.41, 5.74) is 1.02. The zero-order valence-electron chi connectivity index (χ0n) is 13.0. The molecule has 2 aromatic rings. The second-order valence-corrected chi connectivity index (χ2v) is 5.88. The average Bonchev–Trinajstić information content (AvgIpc) is 2.58. The number of Topliss-reactive ketones (excluding diaryl/α,β-unsaturated/α-hetero) is 2. The summed E-state index contributed by atoms with van der Waals surface area (Å²) in [4.78, 5) is 34.7. The first-order valence-electron chi connectivity index (χ1n) is 7.14. The first kappa shape index (κ1) is 17.9. The van der Waals surface area contributed by atoms with Crippen LogP contribution < -0.4 is 4.74 Å². The van der Waals surface area contributed by atoms with Gasteiger partial charge >= 0.3 is 5.97 Å². The van der Waals surface area contributed by atoms with Gasteiger partial charge in [0, 0.05) is 15.6 Å². The highest BCUT2D eigenvalue weighted by atomic mass is 79.9. The Balaban J connectivity index is 1.79. The van der Waals surface area contributed by atoms with Crippen molar-refractivity contribution >= 4 is 33.5 Å². The molecule has 0 bridgehead atoms. The zero-order chi connectivity index (χ0) is 17.5. The summed E-state index contributed by atoms with van der Waals surface area (Å²) < 4.78 is 10.9. The van der Waals surface area contributed by atoms with Crippen molar-refractivity contribution in [1.82, 2.24) is 0 Å². The summed E-state index contributed by atoms with van der Waals surface area (Å²) in [6, 6.07) is 13.2. The molecule has 0 heterocycles. The van der Waals surface area contributed by atoms with Crippen LogP contribution in [0.3, 0.4) is 0 Å². The molecule has 0 N–H and O–H groups in total. The van der Waals surface area contributed by atoms with Crippen molar-refractivity contribution in [3.63, 3.8) is 0 Å². The molecule has 0 fully saturated rings. The van der Waals surface area contributed by atoms with E-state index in [1.54, 1.807) is 48.5 Å². The van der Waals surface area contributed by atoms with Gasteiger partial charge in [0.15, 0.2) is 24.8 Å². The van der Waals surface area contributed by atoms with Crippen molar-refractivity contribution in [1.29, 1.82) is 0 Å². The van der Waals surface area contributed by atoms with Gasteiger partial charge in [-0.2, -0.15) is 0 Å². The molecule has 2 rings (SSSR count). The largest absolute Gasteiger partial charge is 0.482 e. The number of rotatable bonds is 7. The third-order valence-corrected chi connectivity index (χ3v) is 3.62. The van der Waals surface area contributed by atoms with Gasteiger partial charge in [-0.05, 0) is 43.3 Å². The predicted molar refractivity (Wildman–Crippen MR) is 91.4 cm³/mol. The Morgan fingerprint density at radius 2 is 1.67 bits per heavy atom. The van der Waals surface area contributed by atoms with Gasteiger partial charge in [-0.3, -0.25) is 9.59 Å². The predicted octanol–water partition coefficient (Wildman–Crippen LogP) is 3.46. The van der Waals surface area contributed by atoms with Crippen LogP contribution in [-0.4, -0.2) is 30.7 Å². The van der Waals surface area contributed by atoms with E-state index in [9.17, 15) is 14.4 Å². The zero-order valence-corrected chi connectivity index (χ0v) is 14.5. The lowest BCUT2D eigenvalue weighted by molar-refractivity contribution is -0.144. The molecule has 0 spiro atoms. The fraction of sp³-hybridized carbons (Fsp3) is 0.167. The number of ketones is 2. The first-order valence-corrected chi connectivity index (χ1v) is 7.93. The van der Waals surface area contributed by atoms with E-state index in [2.05, 4.69) is 15.9 Å². The average molecular weight is 391 g/mol. The summed E-state index contributed by atoms with van der Waals surface area (Å²) in [5, 5.41) is 0. The molecule has 6 heteroatoms. The number of benzene rings is 2. The van der Waals surface area contributed by atoms with Crippen LogP contribution in [0.2, 0.25) is 0 Å². The maximum Gasteiger partial charge on any atom is 0.344 e. The molecule has 0 amide bonds. The van der Waals surface area contributed by atoms with Crippen LogP contribution in [0, 0.1) is 0 Å². The second-order valence-electron chi connectivity index (χ2n) is 4.96. The second kappa shape index (κ2) is 8.40. The van der Waals surface area contributed by atoms with E-state index in [-0.39, 0.29) is 24.8 Å². The molecule has 0 unspecified atom stereocenters. The van der Waals surface area contributed by atoms with Gasteiger partial charge < -0.3 is 9.47 Å². The minimum Gasteiger partial charge on any atom is -0.482 e. The Labute approximate surface area is 147 Å². The lowest BCUT2D eigenvalue weighted by Gasteiger charge is -2.07. The summed E-state index contributed by atoms with van der Waals surface area (Å²) in [7, 11) is 0. The summed E-state index contributed by atoms with van der Waals surface area (Å²) in [5.74, 6) is -0.549. The van der Waals surface area contributed by atoms with Gasteiger partial charge in [0.25, 0.3) is 0 Å². The van der Waals surface area contributed by atoms with Crippen molar-refractivity contribution in [2.45, 2.75) is 6.92 Å². The highest BCUT2D eigenvalue weighted by molar-refractivity contribution is 9.10. The van der Waals surface area contributed by atoms with Crippen LogP contribution in [0.4, 0.5) is 0 Å². The lowest BCUT2D eigenvalue weighted by atomic mass is 10.1. The van der Waals surface area contributed by atoms with Gasteiger partial charge in [-0.25, -0.2) is 4.79 Å². The first-order chi connectivity index (χ1) is 11.5. The quantitative estimate of drug-likeness (QED) is 0.534. The highest BCUT2D eigenvalue weighted by Gasteiger charge is 2.11. The van der Waals surface area contributed by atoms with Gasteiger partial charge in [0.1, 0.15) is 5.75 Å². The van der Waals surface area contributed by atoms with Crippen molar-refractivity contribution in [3.05, 3.63) is 64.1 Å². The fourth-order valence-electron chi connectivity index (χ4n) is 1.86. The van der Waals surface area contributed by atoms with Crippen LogP contribution in [0.25, 0.3) is 0 Å². The molecule has 124 valence electrons. The summed E-state index contributed by atoms with van der Waals surface area (Å²) in [6.45, 7) is 0.808. The summed E-state index contributed by atoms with van der Waals surface area (Å²) >= 11 is 3.27. The third-order valence-electron chi connectivity index (χ3n) is 3.13. The maximum atomic E-state index is 11.9. The SMILES string of the molecule is CC(=O)c1ccc(OCC(=O)OCC(=O)c2cccc(Br)c2)cc1. The van der Waals surface area contributed by atoms with Crippen LogP contribution >= 0.6 is 15.9 Å². The monoisotopic (exact) mass is 390 g/mol. The number of esters is 1. The third kappa shape index (κ3) is 5.31. The van der Waals surface area contributed by atoms with Gasteiger partial charge in [-0.1, -0.05) is 28.1 Å². The molecule has 0 saturated carbocycles. The van der Waals surface area contributed by atoms with Crippen LogP contribution in [-0.2, 0) is 9.53 Å². The Bertz CT molecular complexity index is 752. The van der Waals surface area contributed by atoms with E-state index < -0.39 is 5.97 Å². The molecule has 0 saturated heterocycles. The molecule has 0 radical (unpaired) electrons. The Morgan fingerprint density at radius 3 is 2.29 bits per heavy atom. The number of ether oxygens (including phenoxy) is 2. The van der Waals surface area contributed by atoms with E-state index in [1.807, 2.05) is 0 Å². The Morgan fingerprint density at radius 1 is 0.958 bits per heavy atom. The smallest absolute Gasteiger partial charge is 0.344 e. The highest BCUT2D eigenvalue weighted by Crippen LogP contribution is 2.13. The minimum atomic E-state index is -0.644. The van der Waals surface area contributed by atoms with Crippen molar-refractivity contribution in [3.8, 4) is 5.75 Å². The molecule has 0 atom stereocenters. The van der Waals surface area contributed by atoms with E-state index in [1.165, 1.54) is 6.92 Å². The number of carbonyl (C=O) groups excluding carboxylic acids is 3. The number of hydrogen-bond donors (Lipinski definition) is 0. The molecule has 0 aliphatic heterocycles. The Kier molecular flexibility index (Phi) is 6.26. The standard InChI is InChI=1S/C18H15BrO5/c1-12(20)13-5-7-16(8-6-13)23-11-18(22)24-10-17(21)14-3-2-4-15(19)9-14/h2-9H,10-11H2,1H3. The van der Waals surface area contributed by atoms with Crippen molar-refractivity contribution in [2.24, 2.45) is 0 Å². The van der Waals surface area contributed by atoms with Crippen LogP contribution in [0.1, 0.15) is 27.6 Å². The topological polar surface area (TPSA) is 69.7 Å². The summed E-state index contributed by atoms with van der Waals surface area (Å²) in [6.07, 6.45) is 0. The number of hydrogen-bond acceptors (Lipinski definition) is 5. The number of carbonyl (C=O) groups is 3. The van der Waals surface area contributed by atoms with Crippen LogP contribution in [0.5, 0.6) is 5.75 Å². The Hall–Kier alpha value is -2.47. The minimum absolute atomic E-state index is 0.0491.